The maximum Gasteiger partial charge on any atom is 0.233 e. The molecule has 0 bridgehead atoms. The molecule has 1 aromatic carbocycles. The molecule has 1 heterocycles. The maximum atomic E-state index is 12.3. The largest absolute Gasteiger partial charge is 0.486 e. The Morgan fingerprint density at radius 2 is 2.00 bits per heavy atom. The Hall–Kier alpha value is -2.48. The molecule has 0 aliphatic carbocycles. The van der Waals surface area contributed by atoms with Crippen LogP contribution >= 0.6 is 11.8 Å². The number of amides is 1. The van der Waals surface area contributed by atoms with Gasteiger partial charge < -0.3 is 15.5 Å². The van der Waals surface area contributed by atoms with E-state index in [0.717, 1.165) is 11.3 Å². The molecule has 0 aliphatic heterocycles. The van der Waals surface area contributed by atoms with Crippen LogP contribution in [0.2, 0.25) is 0 Å². The summed E-state index contributed by atoms with van der Waals surface area (Å²) in [6, 6.07) is 7.96. The number of likely N-dealkylation sites (N-methyl/N-ethyl adjacent to an activating group) is 1. The van der Waals surface area contributed by atoms with Crippen LogP contribution in [0.4, 0.5) is 0 Å². The van der Waals surface area contributed by atoms with Crippen LogP contribution in [0.3, 0.4) is 0 Å². The van der Waals surface area contributed by atoms with Crippen LogP contribution in [0.25, 0.3) is 0 Å². The summed E-state index contributed by atoms with van der Waals surface area (Å²) in [5.74, 6) is 8.04. The third-order valence-electron chi connectivity index (χ3n) is 4.17. The van der Waals surface area contributed by atoms with E-state index >= 15 is 0 Å². The number of hydrogen-bond donors (Lipinski definition) is 1. The first-order chi connectivity index (χ1) is 13.3. The van der Waals surface area contributed by atoms with Gasteiger partial charge in [0.1, 0.15) is 12.4 Å². The second-order valence-electron chi connectivity index (χ2n) is 6.93. The van der Waals surface area contributed by atoms with Crippen molar-refractivity contribution in [2.24, 2.45) is 0 Å². The average Bonchev–Trinajstić information content (AvgIpc) is 3.02. The molecule has 2 aromatic rings. The SMILES string of the molecule is C=C(C)CN(CC)C(=O)CSc1nnc(COc2ccc(C(C)C)cc2)n1N. The summed E-state index contributed by atoms with van der Waals surface area (Å²) in [5, 5.41) is 8.62. The molecule has 0 unspecified atom stereocenters. The van der Waals surface area contributed by atoms with E-state index in [-0.39, 0.29) is 18.3 Å². The van der Waals surface area contributed by atoms with Crippen molar-refractivity contribution in [1.29, 1.82) is 0 Å². The number of ether oxygens (including phenoxy) is 1. The third-order valence-corrected chi connectivity index (χ3v) is 5.10. The number of thioether (sulfide) groups is 1. The van der Waals surface area contributed by atoms with Crippen LogP contribution in [-0.2, 0) is 11.4 Å². The quantitative estimate of drug-likeness (QED) is 0.372. The van der Waals surface area contributed by atoms with Crippen molar-refractivity contribution >= 4 is 17.7 Å². The summed E-state index contributed by atoms with van der Waals surface area (Å²) in [4.78, 5) is 14.1. The minimum Gasteiger partial charge on any atom is -0.486 e. The summed E-state index contributed by atoms with van der Waals surface area (Å²) < 4.78 is 7.12. The monoisotopic (exact) mass is 403 g/mol. The Morgan fingerprint density at radius 1 is 1.32 bits per heavy atom. The van der Waals surface area contributed by atoms with Gasteiger partial charge in [0.15, 0.2) is 5.82 Å². The molecule has 0 saturated carbocycles. The topological polar surface area (TPSA) is 86.3 Å². The van der Waals surface area contributed by atoms with Crippen LogP contribution in [0.15, 0.2) is 41.6 Å². The van der Waals surface area contributed by atoms with Crippen molar-refractivity contribution in [2.45, 2.75) is 45.4 Å². The van der Waals surface area contributed by atoms with Crippen molar-refractivity contribution < 1.29 is 9.53 Å². The normalized spacial score (nSPS) is 10.9. The molecule has 0 atom stereocenters. The summed E-state index contributed by atoms with van der Waals surface area (Å²) in [6.45, 7) is 13.4. The molecular formula is C20H29N5O2S. The Kier molecular flexibility index (Phi) is 7.92. The number of rotatable bonds is 10. The molecule has 1 amide bonds. The predicted molar refractivity (Wildman–Crippen MR) is 113 cm³/mol. The maximum absolute atomic E-state index is 12.3. The standard InChI is InChI=1S/C20H29N5O2S/c1-6-24(11-14(2)3)19(26)13-28-20-23-22-18(25(20)21)12-27-17-9-7-16(8-10-17)15(4)5/h7-10,15H,2,6,11-13,21H2,1,3-5H3. The van der Waals surface area contributed by atoms with Crippen molar-refractivity contribution in [1.82, 2.24) is 19.8 Å². The molecular weight excluding hydrogens is 374 g/mol. The molecule has 7 nitrogen and oxygen atoms in total. The lowest BCUT2D eigenvalue weighted by molar-refractivity contribution is -0.127. The predicted octanol–water partition coefficient (Wildman–Crippen LogP) is 3.21. The van der Waals surface area contributed by atoms with Crippen molar-refractivity contribution in [2.75, 3.05) is 24.7 Å². The number of nitrogens with two attached hydrogens (primary N) is 1. The van der Waals surface area contributed by atoms with E-state index in [9.17, 15) is 4.79 Å². The van der Waals surface area contributed by atoms with Gasteiger partial charge in [-0.1, -0.05) is 49.9 Å². The molecule has 0 spiro atoms. The van der Waals surface area contributed by atoms with Crippen LogP contribution < -0.4 is 10.6 Å². The van der Waals surface area contributed by atoms with Crippen molar-refractivity contribution in [3.63, 3.8) is 0 Å². The summed E-state index contributed by atoms with van der Waals surface area (Å²) in [5.41, 5.74) is 2.20. The Bertz CT molecular complexity index is 801. The van der Waals surface area contributed by atoms with E-state index < -0.39 is 0 Å². The first-order valence-corrected chi connectivity index (χ1v) is 10.3. The zero-order chi connectivity index (χ0) is 20.7. The molecule has 0 aliphatic rings. The van der Waals surface area contributed by atoms with Crippen LogP contribution in [-0.4, -0.2) is 44.5 Å². The number of carbonyl (C=O) groups is 1. The fourth-order valence-corrected chi connectivity index (χ4v) is 3.30. The van der Waals surface area contributed by atoms with E-state index in [2.05, 4.69) is 30.6 Å². The molecule has 2 N–H and O–H groups in total. The van der Waals surface area contributed by atoms with Gasteiger partial charge in [0.05, 0.1) is 5.75 Å². The molecule has 0 radical (unpaired) electrons. The highest BCUT2D eigenvalue weighted by atomic mass is 32.2. The lowest BCUT2D eigenvalue weighted by Crippen LogP contribution is -2.33. The van der Waals surface area contributed by atoms with Gasteiger partial charge in [0, 0.05) is 13.1 Å². The van der Waals surface area contributed by atoms with Gasteiger partial charge in [0.25, 0.3) is 0 Å². The molecule has 28 heavy (non-hydrogen) atoms. The zero-order valence-electron chi connectivity index (χ0n) is 17.0. The second kappa shape index (κ2) is 10.2. The molecule has 152 valence electrons. The smallest absolute Gasteiger partial charge is 0.233 e. The van der Waals surface area contributed by atoms with E-state index in [1.165, 1.54) is 22.0 Å². The summed E-state index contributed by atoms with van der Waals surface area (Å²) in [6.07, 6.45) is 0. The lowest BCUT2D eigenvalue weighted by Gasteiger charge is -2.20. The first-order valence-electron chi connectivity index (χ1n) is 9.28. The van der Waals surface area contributed by atoms with Crippen LogP contribution in [0.1, 0.15) is 45.0 Å². The number of benzene rings is 1. The van der Waals surface area contributed by atoms with Crippen LogP contribution in [0.5, 0.6) is 5.75 Å². The van der Waals surface area contributed by atoms with Gasteiger partial charge >= 0.3 is 0 Å². The second-order valence-corrected chi connectivity index (χ2v) is 7.88. The third kappa shape index (κ3) is 6.02. The highest BCUT2D eigenvalue weighted by Crippen LogP contribution is 2.20. The van der Waals surface area contributed by atoms with Gasteiger partial charge in [-0.3, -0.25) is 4.79 Å². The van der Waals surface area contributed by atoms with E-state index in [4.69, 9.17) is 10.6 Å². The van der Waals surface area contributed by atoms with Gasteiger partial charge in [-0.05, 0) is 37.5 Å². The van der Waals surface area contributed by atoms with Gasteiger partial charge in [-0.15, -0.1) is 10.2 Å². The molecule has 0 saturated heterocycles. The van der Waals surface area contributed by atoms with Gasteiger partial charge in [-0.25, -0.2) is 4.68 Å². The fraction of sp³-hybridized carbons (Fsp3) is 0.450. The fourth-order valence-electron chi connectivity index (χ4n) is 2.52. The molecule has 0 fully saturated rings. The molecule has 1 aromatic heterocycles. The van der Waals surface area contributed by atoms with E-state index in [0.29, 0.717) is 30.0 Å². The van der Waals surface area contributed by atoms with E-state index in [1.807, 2.05) is 38.1 Å². The number of hydrogen-bond acceptors (Lipinski definition) is 6. The Labute approximate surface area is 170 Å². The average molecular weight is 404 g/mol. The number of aromatic nitrogens is 3. The lowest BCUT2D eigenvalue weighted by atomic mass is 10.0. The van der Waals surface area contributed by atoms with Crippen molar-refractivity contribution in [3.8, 4) is 5.75 Å². The Morgan fingerprint density at radius 3 is 2.57 bits per heavy atom. The van der Waals surface area contributed by atoms with Gasteiger partial charge in [-0.2, -0.15) is 0 Å². The minimum absolute atomic E-state index is 0.0153. The van der Waals surface area contributed by atoms with Crippen molar-refractivity contribution in [3.05, 3.63) is 47.8 Å². The number of nitrogen functional groups attached to an aromatic ring is 1. The minimum atomic E-state index is 0.0153. The van der Waals surface area contributed by atoms with Crippen LogP contribution in [0, 0.1) is 0 Å². The van der Waals surface area contributed by atoms with Gasteiger partial charge in [0.2, 0.25) is 11.1 Å². The zero-order valence-corrected chi connectivity index (χ0v) is 17.8. The number of nitrogens with zero attached hydrogens (tertiary/aromatic N) is 4. The number of carbonyl (C=O) groups excluding carboxylic acids is 1. The summed E-state index contributed by atoms with van der Waals surface area (Å²) >= 11 is 1.26. The van der Waals surface area contributed by atoms with E-state index in [1.54, 1.807) is 4.90 Å². The molecule has 2 rings (SSSR count). The summed E-state index contributed by atoms with van der Waals surface area (Å²) in [7, 11) is 0. The molecule has 8 heteroatoms. The first kappa shape index (κ1) is 21.8. The Balaban J connectivity index is 1.90. The highest BCUT2D eigenvalue weighted by molar-refractivity contribution is 7.99. The highest BCUT2D eigenvalue weighted by Gasteiger charge is 2.16.